The van der Waals surface area contributed by atoms with Gasteiger partial charge in [-0.3, -0.25) is 14.3 Å². The molecule has 8 nitrogen and oxygen atoms in total. The van der Waals surface area contributed by atoms with Crippen LogP contribution in [0.1, 0.15) is 25.8 Å². The number of piperidine rings is 1. The third kappa shape index (κ3) is 5.09. The number of ether oxygens (including phenoxy) is 1. The Morgan fingerprint density at radius 2 is 1.87 bits per heavy atom. The summed E-state index contributed by atoms with van der Waals surface area (Å²) in [7, 11) is 0. The van der Waals surface area contributed by atoms with Crippen molar-refractivity contribution in [1.29, 1.82) is 0 Å². The summed E-state index contributed by atoms with van der Waals surface area (Å²) in [6.45, 7) is 2.96. The summed E-state index contributed by atoms with van der Waals surface area (Å²) in [5, 5.41) is 7.06. The number of para-hydroxylation sites is 1. The Labute approximate surface area is 180 Å². The van der Waals surface area contributed by atoms with E-state index < -0.39 is 0 Å². The molecule has 0 unspecified atom stereocenters. The van der Waals surface area contributed by atoms with Crippen molar-refractivity contribution in [3.63, 3.8) is 0 Å². The van der Waals surface area contributed by atoms with Gasteiger partial charge in [0, 0.05) is 37.5 Å². The van der Waals surface area contributed by atoms with Gasteiger partial charge in [-0.05, 0) is 44.0 Å². The molecule has 2 amide bonds. The minimum Gasteiger partial charge on any atom is -0.439 e. The Morgan fingerprint density at radius 3 is 2.52 bits per heavy atom. The summed E-state index contributed by atoms with van der Waals surface area (Å²) in [6.07, 6.45) is 6.29. The highest BCUT2D eigenvalue weighted by atomic mass is 16.5. The van der Waals surface area contributed by atoms with E-state index in [1.54, 1.807) is 41.5 Å². The fourth-order valence-electron chi connectivity index (χ4n) is 3.62. The average molecular weight is 419 g/mol. The number of hydrogen-bond donors (Lipinski definition) is 1. The Bertz CT molecular complexity index is 997. The number of carbonyl (C=O) groups is 2. The minimum absolute atomic E-state index is 0.0285. The van der Waals surface area contributed by atoms with E-state index in [0.29, 0.717) is 43.2 Å². The van der Waals surface area contributed by atoms with Crippen molar-refractivity contribution in [1.82, 2.24) is 19.7 Å². The number of likely N-dealkylation sites (tertiary alicyclic amines) is 1. The van der Waals surface area contributed by atoms with Crippen LogP contribution in [0.4, 0.5) is 5.69 Å². The summed E-state index contributed by atoms with van der Waals surface area (Å²) < 4.78 is 7.32. The Morgan fingerprint density at radius 1 is 1.10 bits per heavy atom. The van der Waals surface area contributed by atoms with Gasteiger partial charge in [-0.2, -0.15) is 5.10 Å². The van der Waals surface area contributed by atoms with Crippen LogP contribution in [0.5, 0.6) is 11.6 Å². The predicted molar refractivity (Wildman–Crippen MR) is 116 cm³/mol. The average Bonchev–Trinajstić information content (AvgIpc) is 3.35. The monoisotopic (exact) mass is 419 g/mol. The molecule has 1 saturated heterocycles. The number of aromatic nitrogens is 3. The third-order valence-corrected chi connectivity index (χ3v) is 5.43. The summed E-state index contributed by atoms with van der Waals surface area (Å²) in [6, 6.07) is 14.3. The van der Waals surface area contributed by atoms with Gasteiger partial charge in [-0.1, -0.05) is 18.2 Å². The summed E-state index contributed by atoms with van der Waals surface area (Å²) in [4.78, 5) is 31.4. The van der Waals surface area contributed by atoms with Gasteiger partial charge in [-0.25, -0.2) is 4.98 Å². The van der Waals surface area contributed by atoms with Gasteiger partial charge >= 0.3 is 0 Å². The van der Waals surface area contributed by atoms with Crippen LogP contribution in [-0.2, 0) is 9.59 Å². The quantitative estimate of drug-likeness (QED) is 0.660. The molecule has 1 aromatic carbocycles. The molecule has 1 fully saturated rings. The van der Waals surface area contributed by atoms with Gasteiger partial charge in [-0.15, -0.1) is 0 Å². The van der Waals surface area contributed by atoms with E-state index in [9.17, 15) is 9.59 Å². The van der Waals surface area contributed by atoms with Crippen molar-refractivity contribution in [2.75, 3.05) is 18.4 Å². The number of rotatable bonds is 6. The Kier molecular flexibility index (Phi) is 6.26. The lowest BCUT2D eigenvalue weighted by atomic mass is 9.95. The van der Waals surface area contributed by atoms with E-state index in [1.807, 2.05) is 42.2 Å². The fourth-order valence-corrected chi connectivity index (χ4v) is 3.62. The molecule has 1 N–H and O–H groups in total. The second-order valence-corrected chi connectivity index (χ2v) is 7.55. The van der Waals surface area contributed by atoms with Crippen molar-refractivity contribution in [2.24, 2.45) is 5.92 Å². The van der Waals surface area contributed by atoms with Crippen LogP contribution in [0.3, 0.4) is 0 Å². The number of pyridine rings is 1. The van der Waals surface area contributed by atoms with Gasteiger partial charge in [0.05, 0.1) is 11.9 Å². The third-order valence-electron chi connectivity index (χ3n) is 5.43. The van der Waals surface area contributed by atoms with Crippen molar-refractivity contribution in [2.45, 2.75) is 25.8 Å². The van der Waals surface area contributed by atoms with Crippen molar-refractivity contribution < 1.29 is 14.3 Å². The number of nitrogens with zero attached hydrogens (tertiary/aromatic N) is 4. The number of nitrogens with one attached hydrogen (secondary N) is 1. The SMILES string of the molecule is C[C@@H](C(=O)N1CCC(C(=O)Nc2ccc(Oc3ccccc3)nc2)CC1)n1cccn1. The lowest BCUT2D eigenvalue weighted by Crippen LogP contribution is -2.44. The lowest BCUT2D eigenvalue weighted by molar-refractivity contribution is -0.137. The van der Waals surface area contributed by atoms with Gasteiger partial charge in [0.15, 0.2) is 0 Å². The molecule has 31 heavy (non-hydrogen) atoms. The highest BCUT2D eigenvalue weighted by Crippen LogP contribution is 2.23. The molecule has 1 atom stereocenters. The first-order valence-electron chi connectivity index (χ1n) is 10.4. The Hall–Kier alpha value is -3.68. The van der Waals surface area contributed by atoms with Crippen molar-refractivity contribution >= 4 is 17.5 Å². The molecule has 160 valence electrons. The highest BCUT2D eigenvalue weighted by molar-refractivity contribution is 5.92. The van der Waals surface area contributed by atoms with E-state index in [1.165, 1.54) is 0 Å². The highest BCUT2D eigenvalue weighted by Gasteiger charge is 2.30. The van der Waals surface area contributed by atoms with E-state index >= 15 is 0 Å². The molecule has 0 saturated carbocycles. The molecule has 0 bridgehead atoms. The predicted octanol–water partition coefficient (Wildman–Crippen LogP) is 3.51. The minimum atomic E-state index is -0.344. The van der Waals surface area contributed by atoms with E-state index in [0.717, 1.165) is 0 Å². The molecule has 8 heteroatoms. The second kappa shape index (κ2) is 9.42. The number of benzene rings is 1. The molecule has 4 rings (SSSR count). The number of anilines is 1. The van der Waals surface area contributed by atoms with Gasteiger partial charge in [0.1, 0.15) is 11.8 Å². The summed E-state index contributed by atoms with van der Waals surface area (Å²) >= 11 is 0. The zero-order valence-electron chi connectivity index (χ0n) is 17.3. The first-order chi connectivity index (χ1) is 15.1. The van der Waals surface area contributed by atoms with Gasteiger partial charge < -0.3 is 15.0 Å². The van der Waals surface area contributed by atoms with Crippen LogP contribution in [0, 0.1) is 5.92 Å². The fraction of sp³-hybridized carbons (Fsp3) is 0.304. The van der Waals surface area contributed by atoms with Crippen LogP contribution in [0.2, 0.25) is 0 Å². The zero-order chi connectivity index (χ0) is 21.6. The maximum atomic E-state index is 12.7. The molecule has 3 heterocycles. The number of carbonyl (C=O) groups excluding carboxylic acids is 2. The first kappa shape index (κ1) is 20.6. The largest absolute Gasteiger partial charge is 0.439 e. The molecule has 0 spiro atoms. The summed E-state index contributed by atoms with van der Waals surface area (Å²) in [5.41, 5.74) is 0.622. The summed E-state index contributed by atoms with van der Waals surface area (Å²) in [5.74, 6) is 1.01. The van der Waals surface area contributed by atoms with Crippen LogP contribution in [0.15, 0.2) is 67.1 Å². The van der Waals surface area contributed by atoms with E-state index in [4.69, 9.17) is 4.74 Å². The van der Waals surface area contributed by atoms with Crippen LogP contribution < -0.4 is 10.1 Å². The molecule has 3 aromatic rings. The molecule has 1 aliphatic heterocycles. The van der Waals surface area contributed by atoms with Crippen molar-refractivity contribution in [3.8, 4) is 11.6 Å². The number of amides is 2. The van der Waals surface area contributed by atoms with E-state index in [2.05, 4.69) is 15.4 Å². The topological polar surface area (TPSA) is 89.4 Å². The standard InChI is InChI=1S/C23H25N5O3/c1-17(28-13-5-12-25-28)23(30)27-14-10-18(11-15-27)22(29)26-19-8-9-21(24-16-19)31-20-6-3-2-4-7-20/h2-9,12-13,16-18H,10-11,14-15H2,1H3,(H,26,29)/t17-/m0/s1. The maximum absolute atomic E-state index is 12.7. The molecular weight excluding hydrogens is 394 g/mol. The van der Waals surface area contributed by atoms with Crippen molar-refractivity contribution in [3.05, 3.63) is 67.1 Å². The molecule has 2 aromatic heterocycles. The first-order valence-corrected chi connectivity index (χ1v) is 10.4. The lowest BCUT2D eigenvalue weighted by Gasteiger charge is -2.33. The van der Waals surface area contributed by atoms with Gasteiger partial charge in [0.25, 0.3) is 0 Å². The van der Waals surface area contributed by atoms with Crippen LogP contribution >= 0.6 is 0 Å². The molecule has 0 aliphatic carbocycles. The van der Waals surface area contributed by atoms with E-state index in [-0.39, 0.29) is 23.8 Å². The normalized spacial score (nSPS) is 15.3. The maximum Gasteiger partial charge on any atom is 0.247 e. The van der Waals surface area contributed by atoms with Gasteiger partial charge in [0.2, 0.25) is 17.7 Å². The van der Waals surface area contributed by atoms with Crippen LogP contribution in [0.25, 0.3) is 0 Å². The van der Waals surface area contributed by atoms with Crippen LogP contribution in [-0.4, -0.2) is 44.6 Å². The molecular formula is C23H25N5O3. The Balaban J connectivity index is 1.26. The number of hydrogen-bond acceptors (Lipinski definition) is 5. The zero-order valence-corrected chi connectivity index (χ0v) is 17.3. The smallest absolute Gasteiger partial charge is 0.247 e. The molecule has 0 radical (unpaired) electrons. The molecule has 1 aliphatic rings. The second-order valence-electron chi connectivity index (χ2n) is 7.55.